The molecular weight excluding hydrogens is 254 g/mol. The lowest BCUT2D eigenvalue weighted by molar-refractivity contribution is 0.270. The molecule has 2 N–H and O–H groups in total. The first-order valence-electron chi connectivity index (χ1n) is 8.00. The minimum atomic E-state index is 0.622. The van der Waals surface area contributed by atoms with Gasteiger partial charge in [-0.3, -0.25) is 0 Å². The van der Waals surface area contributed by atoms with Gasteiger partial charge in [-0.15, -0.1) is 0 Å². The lowest BCUT2D eigenvalue weighted by atomic mass is 9.75. The SMILES string of the molecule is C=Cc1ccccc1C[C@H](CCN)[C@@H](C)C1C=CC=CC1. The zero-order valence-corrected chi connectivity index (χ0v) is 13.0. The van der Waals surface area contributed by atoms with Crippen LogP contribution in [0.5, 0.6) is 0 Å². The molecule has 0 amide bonds. The number of allylic oxidation sites excluding steroid dienone is 4. The Kier molecular flexibility index (Phi) is 6.01. The maximum Gasteiger partial charge on any atom is -0.00744 e. The van der Waals surface area contributed by atoms with Crippen molar-refractivity contribution in [1.29, 1.82) is 0 Å². The first kappa shape index (κ1) is 15.8. The molecule has 0 aromatic heterocycles. The Balaban J connectivity index is 2.12. The van der Waals surface area contributed by atoms with E-state index in [1.165, 1.54) is 11.1 Å². The normalized spacial score (nSPS) is 20.2. The van der Waals surface area contributed by atoms with Crippen LogP contribution in [0.2, 0.25) is 0 Å². The summed E-state index contributed by atoms with van der Waals surface area (Å²) in [6.45, 7) is 7.08. The van der Waals surface area contributed by atoms with Crippen LogP contribution in [0.3, 0.4) is 0 Å². The fraction of sp³-hybridized carbons (Fsp3) is 0.400. The minimum Gasteiger partial charge on any atom is -0.330 e. The topological polar surface area (TPSA) is 26.0 Å². The van der Waals surface area contributed by atoms with Gasteiger partial charge in [0.15, 0.2) is 0 Å². The van der Waals surface area contributed by atoms with Crippen molar-refractivity contribution in [2.45, 2.75) is 26.2 Å². The van der Waals surface area contributed by atoms with Gasteiger partial charge in [0, 0.05) is 0 Å². The fourth-order valence-corrected chi connectivity index (χ4v) is 3.31. The maximum absolute atomic E-state index is 5.87. The van der Waals surface area contributed by atoms with Gasteiger partial charge in [-0.1, -0.05) is 68.1 Å². The summed E-state index contributed by atoms with van der Waals surface area (Å²) in [6, 6.07) is 8.58. The molecule has 1 aromatic carbocycles. The highest BCUT2D eigenvalue weighted by atomic mass is 14.5. The molecule has 1 aromatic rings. The number of hydrogen-bond donors (Lipinski definition) is 1. The minimum absolute atomic E-state index is 0.622. The van der Waals surface area contributed by atoms with Crippen LogP contribution < -0.4 is 5.73 Å². The van der Waals surface area contributed by atoms with Crippen LogP contribution in [0.4, 0.5) is 0 Å². The summed E-state index contributed by atoms with van der Waals surface area (Å²) in [5.74, 6) is 1.91. The highest BCUT2D eigenvalue weighted by Gasteiger charge is 2.24. The average molecular weight is 281 g/mol. The predicted octanol–water partition coefficient (Wildman–Crippen LogP) is 4.61. The standard InChI is InChI=1S/C20H27N/c1-3-17-9-7-8-12-20(17)15-19(13-14-21)16(2)18-10-5-4-6-11-18/h3-10,12,16,18-19H,1,11,13-15,21H2,2H3/t16-,18?,19-/m0/s1. The second kappa shape index (κ2) is 7.99. The molecule has 0 heterocycles. The Morgan fingerprint density at radius 3 is 2.81 bits per heavy atom. The van der Waals surface area contributed by atoms with Gasteiger partial charge in [0.2, 0.25) is 0 Å². The summed E-state index contributed by atoms with van der Waals surface area (Å²) >= 11 is 0. The molecule has 0 spiro atoms. The van der Waals surface area contributed by atoms with E-state index in [9.17, 15) is 0 Å². The smallest absolute Gasteiger partial charge is 0.00744 e. The molecule has 0 bridgehead atoms. The highest BCUT2D eigenvalue weighted by Crippen LogP contribution is 2.32. The van der Waals surface area contributed by atoms with Crippen LogP contribution in [0, 0.1) is 17.8 Å². The summed E-state index contributed by atoms with van der Waals surface area (Å²) in [6.07, 6.45) is 14.3. The van der Waals surface area contributed by atoms with E-state index in [2.05, 4.69) is 62.1 Å². The Bertz CT molecular complexity index is 512. The van der Waals surface area contributed by atoms with Crippen molar-refractivity contribution in [2.24, 2.45) is 23.5 Å². The van der Waals surface area contributed by atoms with Gasteiger partial charge in [0.05, 0.1) is 0 Å². The van der Waals surface area contributed by atoms with Gasteiger partial charge in [-0.05, 0) is 54.7 Å². The number of benzene rings is 1. The molecule has 3 atom stereocenters. The van der Waals surface area contributed by atoms with Crippen molar-refractivity contribution >= 4 is 6.08 Å². The molecule has 1 heteroatoms. The molecule has 0 saturated carbocycles. The lowest BCUT2D eigenvalue weighted by Gasteiger charge is -2.30. The third kappa shape index (κ3) is 4.18. The molecule has 112 valence electrons. The maximum atomic E-state index is 5.87. The van der Waals surface area contributed by atoms with Crippen molar-refractivity contribution < 1.29 is 0 Å². The quantitative estimate of drug-likeness (QED) is 0.776. The van der Waals surface area contributed by atoms with E-state index in [1.807, 2.05) is 6.08 Å². The Labute approximate surface area is 129 Å². The van der Waals surface area contributed by atoms with Crippen molar-refractivity contribution in [3.63, 3.8) is 0 Å². The van der Waals surface area contributed by atoms with Crippen molar-refractivity contribution in [2.75, 3.05) is 6.54 Å². The van der Waals surface area contributed by atoms with E-state index in [-0.39, 0.29) is 0 Å². The largest absolute Gasteiger partial charge is 0.330 e. The fourth-order valence-electron chi connectivity index (χ4n) is 3.31. The molecule has 1 nitrogen and oxygen atoms in total. The summed E-state index contributed by atoms with van der Waals surface area (Å²) in [7, 11) is 0. The molecule has 0 aliphatic heterocycles. The van der Waals surface area contributed by atoms with Crippen LogP contribution in [0.1, 0.15) is 30.9 Å². The first-order chi connectivity index (χ1) is 10.3. The Morgan fingerprint density at radius 1 is 1.33 bits per heavy atom. The molecule has 1 aliphatic rings. The molecule has 1 unspecified atom stereocenters. The van der Waals surface area contributed by atoms with Crippen LogP contribution in [-0.2, 0) is 6.42 Å². The molecule has 21 heavy (non-hydrogen) atoms. The van der Waals surface area contributed by atoms with Crippen LogP contribution in [0.25, 0.3) is 6.08 Å². The van der Waals surface area contributed by atoms with E-state index in [0.29, 0.717) is 17.8 Å². The Hall–Kier alpha value is -1.60. The monoisotopic (exact) mass is 281 g/mol. The van der Waals surface area contributed by atoms with E-state index >= 15 is 0 Å². The summed E-state index contributed by atoms with van der Waals surface area (Å²) in [4.78, 5) is 0. The predicted molar refractivity (Wildman–Crippen MR) is 92.9 cm³/mol. The van der Waals surface area contributed by atoms with E-state index in [4.69, 9.17) is 5.73 Å². The molecule has 0 fully saturated rings. The average Bonchev–Trinajstić information content (AvgIpc) is 2.55. The third-order valence-electron chi connectivity index (χ3n) is 4.73. The van der Waals surface area contributed by atoms with E-state index in [1.54, 1.807) is 0 Å². The van der Waals surface area contributed by atoms with Crippen molar-refractivity contribution in [1.82, 2.24) is 0 Å². The van der Waals surface area contributed by atoms with Crippen molar-refractivity contribution in [3.8, 4) is 0 Å². The number of rotatable bonds is 7. The summed E-state index contributed by atoms with van der Waals surface area (Å²) in [5, 5.41) is 0. The first-order valence-corrected chi connectivity index (χ1v) is 8.00. The van der Waals surface area contributed by atoms with Gasteiger partial charge in [-0.25, -0.2) is 0 Å². The summed E-state index contributed by atoms with van der Waals surface area (Å²) < 4.78 is 0. The van der Waals surface area contributed by atoms with Crippen LogP contribution in [-0.4, -0.2) is 6.54 Å². The second-order valence-corrected chi connectivity index (χ2v) is 6.02. The van der Waals surface area contributed by atoms with Crippen LogP contribution in [0.15, 0.2) is 55.1 Å². The third-order valence-corrected chi connectivity index (χ3v) is 4.73. The Morgan fingerprint density at radius 2 is 2.14 bits per heavy atom. The summed E-state index contributed by atoms with van der Waals surface area (Å²) in [5.41, 5.74) is 8.52. The molecular formula is C20H27N. The van der Waals surface area contributed by atoms with E-state index in [0.717, 1.165) is 25.8 Å². The second-order valence-electron chi connectivity index (χ2n) is 6.02. The van der Waals surface area contributed by atoms with Gasteiger partial charge in [-0.2, -0.15) is 0 Å². The van der Waals surface area contributed by atoms with Gasteiger partial charge in [0.1, 0.15) is 0 Å². The number of hydrogen-bond acceptors (Lipinski definition) is 1. The zero-order valence-electron chi connectivity index (χ0n) is 13.0. The van der Waals surface area contributed by atoms with Gasteiger partial charge in [0.25, 0.3) is 0 Å². The highest BCUT2D eigenvalue weighted by molar-refractivity contribution is 5.51. The van der Waals surface area contributed by atoms with Gasteiger partial charge >= 0.3 is 0 Å². The van der Waals surface area contributed by atoms with Crippen LogP contribution >= 0.6 is 0 Å². The van der Waals surface area contributed by atoms with Gasteiger partial charge < -0.3 is 5.73 Å². The molecule has 1 aliphatic carbocycles. The van der Waals surface area contributed by atoms with E-state index < -0.39 is 0 Å². The lowest BCUT2D eigenvalue weighted by Crippen LogP contribution is -2.25. The molecule has 2 rings (SSSR count). The number of nitrogens with two attached hydrogens (primary N) is 1. The van der Waals surface area contributed by atoms with Crippen molar-refractivity contribution in [3.05, 3.63) is 66.3 Å². The molecule has 0 saturated heterocycles. The zero-order chi connectivity index (χ0) is 15.1. The molecule has 0 radical (unpaired) electrons.